The smallest absolute Gasteiger partial charge is 0.248 e. The summed E-state index contributed by atoms with van der Waals surface area (Å²) in [6, 6.07) is 9.78. The number of rotatable bonds is 6. The van der Waals surface area contributed by atoms with E-state index in [1.807, 2.05) is 30.3 Å². The lowest BCUT2D eigenvalue weighted by Gasteiger charge is -2.38. The molecule has 0 N–H and O–H groups in total. The third-order valence-electron chi connectivity index (χ3n) is 4.52. The van der Waals surface area contributed by atoms with Crippen LogP contribution in [0.2, 0.25) is 0 Å². The molecule has 1 aliphatic carbocycles. The first kappa shape index (κ1) is 16.1. The molecule has 0 atom stereocenters. The van der Waals surface area contributed by atoms with Gasteiger partial charge in [-0.3, -0.25) is 4.79 Å². The van der Waals surface area contributed by atoms with Crippen molar-refractivity contribution < 1.29 is 18.3 Å². The molecule has 0 heterocycles. The average molecular weight is 296 g/mol. The second-order valence-electron chi connectivity index (χ2n) is 5.98. The van der Waals surface area contributed by atoms with Crippen molar-refractivity contribution in [3.05, 3.63) is 35.9 Å². The number of ether oxygens (including phenoxy) is 1. The molecule has 2 nitrogen and oxygen atoms in total. The van der Waals surface area contributed by atoms with Gasteiger partial charge in [0, 0.05) is 24.9 Å². The Morgan fingerprint density at radius 2 is 1.76 bits per heavy atom. The van der Waals surface area contributed by atoms with E-state index in [0.29, 0.717) is 19.6 Å². The van der Waals surface area contributed by atoms with Crippen LogP contribution in [0.1, 0.15) is 44.6 Å². The van der Waals surface area contributed by atoms with Crippen molar-refractivity contribution in [3.63, 3.8) is 0 Å². The van der Waals surface area contributed by atoms with Crippen LogP contribution in [0.25, 0.3) is 0 Å². The van der Waals surface area contributed by atoms with Crippen LogP contribution < -0.4 is 0 Å². The molecule has 1 aromatic carbocycles. The van der Waals surface area contributed by atoms with E-state index in [9.17, 15) is 13.6 Å². The first-order valence-corrected chi connectivity index (χ1v) is 7.44. The highest BCUT2D eigenvalue weighted by molar-refractivity contribution is 5.82. The second kappa shape index (κ2) is 6.65. The van der Waals surface area contributed by atoms with Crippen molar-refractivity contribution in [2.45, 2.75) is 51.6 Å². The summed E-state index contributed by atoms with van der Waals surface area (Å²) in [6.45, 7) is 2.44. The second-order valence-corrected chi connectivity index (χ2v) is 5.98. The summed E-state index contributed by atoms with van der Waals surface area (Å²) >= 11 is 0. The van der Waals surface area contributed by atoms with Crippen molar-refractivity contribution in [3.8, 4) is 0 Å². The van der Waals surface area contributed by atoms with Gasteiger partial charge in [0.25, 0.3) is 0 Å². The van der Waals surface area contributed by atoms with Crippen LogP contribution in [0, 0.1) is 5.41 Å². The summed E-state index contributed by atoms with van der Waals surface area (Å²) in [4.78, 5) is 11.9. The Balaban J connectivity index is 1.83. The van der Waals surface area contributed by atoms with E-state index in [1.165, 1.54) is 6.92 Å². The molecule has 1 fully saturated rings. The molecule has 0 bridgehead atoms. The zero-order valence-corrected chi connectivity index (χ0v) is 12.4. The predicted octanol–water partition coefficient (Wildman–Crippen LogP) is 4.38. The molecule has 1 saturated carbocycles. The number of hydrogen-bond acceptors (Lipinski definition) is 2. The van der Waals surface area contributed by atoms with Crippen molar-refractivity contribution in [2.75, 3.05) is 6.61 Å². The van der Waals surface area contributed by atoms with Gasteiger partial charge in [0.05, 0.1) is 6.61 Å². The normalized spacial score (nSPS) is 20.1. The first-order chi connectivity index (χ1) is 9.94. The predicted molar refractivity (Wildman–Crippen MR) is 77.2 cm³/mol. The number of hydrogen-bond donors (Lipinski definition) is 0. The van der Waals surface area contributed by atoms with E-state index in [0.717, 1.165) is 5.56 Å². The summed E-state index contributed by atoms with van der Waals surface area (Å²) in [7, 11) is 0. The quantitative estimate of drug-likeness (QED) is 0.728. The van der Waals surface area contributed by atoms with E-state index in [1.54, 1.807) is 0 Å². The SMILES string of the molecule is CC(=O)C1(CCOCc2ccccc2)CCC(F)(F)CC1. The number of carbonyl (C=O) groups excluding carboxylic acids is 1. The Morgan fingerprint density at radius 3 is 2.33 bits per heavy atom. The van der Waals surface area contributed by atoms with E-state index in [-0.39, 0.29) is 31.5 Å². The van der Waals surface area contributed by atoms with Gasteiger partial charge in [0.2, 0.25) is 5.92 Å². The Morgan fingerprint density at radius 1 is 1.14 bits per heavy atom. The highest BCUT2D eigenvalue weighted by Gasteiger charge is 2.45. The van der Waals surface area contributed by atoms with Crippen molar-refractivity contribution in [1.82, 2.24) is 0 Å². The minimum absolute atomic E-state index is 0.0151. The third kappa shape index (κ3) is 4.34. The van der Waals surface area contributed by atoms with Crippen LogP contribution in [-0.4, -0.2) is 18.3 Å². The maximum Gasteiger partial charge on any atom is 0.248 e. The largest absolute Gasteiger partial charge is 0.377 e. The van der Waals surface area contributed by atoms with E-state index in [4.69, 9.17) is 4.74 Å². The fourth-order valence-electron chi connectivity index (χ4n) is 2.90. The summed E-state index contributed by atoms with van der Waals surface area (Å²) in [5, 5.41) is 0. The minimum Gasteiger partial charge on any atom is -0.377 e. The van der Waals surface area contributed by atoms with Gasteiger partial charge in [-0.15, -0.1) is 0 Å². The first-order valence-electron chi connectivity index (χ1n) is 7.44. The van der Waals surface area contributed by atoms with Gasteiger partial charge in [-0.25, -0.2) is 8.78 Å². The topological polar surface area (TPSA) is 26.3 Å². The van der Waals surface area contributed by atoms with Crippen LogP contribution in [0.5, 0.6) is 0 Å². The molecule has 0 unspecified atom stereocenters. The van der Waals surface area contributed by atoms with Gasteiger partial charge in [-0.1, -0.05) is 30.3 Å². The molecular formula is C17H22F2O2. The summed E-state index contributed by atoms with van der Waals surface area (Å²) in [6.07, 6.45) is 0.690. The molecule has 1 aromatic rings. The number of carbonyl (C=O) groups is 1. The lowest BCUT2D eigenvalue weighted by molar-refractivity contribution is -0.136. The van der Waals surface area contributed by atoms with Crippen molar-refractivity contribution in [1.29, 1.82) is 0 Å². The fraction of sp³-hybridized carbons (Fsp3) is 0.588. The van der Waals surface area contributed by atoms with Gasteiger partial charge in [0.15, 0.2) is 0 Å². The highest BCUT2D eigenvalue weighted by Crippen LogP contribution is 2.46. The molecular weight excluding hydrogens is 274 g/mol. The number of ketones is 1. The maximum absolute atomic E-state index is 13.3. The zero-order valence-electron chi connectivity index (χ0n) is 12.4. The molecule has 0 aliphatic heterocycles. The number of halogens is 2. The molecule has 2 rings (SSSR count). The van der Waals surface area contributed by atoms with Crippen LogP contribution in [0.15, 0.2) is 30.3 Å². The fourth-order valence-corrected chi connectivity index (χ4v) is 2.90. The molecule has 21 heavy (non-hydrogen) atoms. The third-order valence-corrected chi connectivity index (χ3v) is 4.52. The highest BCUT2D eigenvalue weighted by atomic mass is 19.3. The van der Waals surface area contributed by atoms with E-state index < -0.39 is 11.3 Å². The van der Waals surface area contributed by atoms with Crippen LogP contribution in [0.4, 0.5) is 8.78 Å². The van der Waals surface area contributed by atoms with Gasteiger partial charge < -0.3 is 4.74 Å². The van der Waals surface area contributed by atoms with Gasteiger partial charge in [0.1, 0.15) is 5.78 Å². The Hall–Kier alpha value is -1.29. The monoisotopic (exact) mass is 296 g/mol. The average Bonchev–Trinajstić information content (AvgIpc) is 2.46. The maximum atomic E-state index is 13.3. The zero-order chi connectivity index (χ0) is 15.3. The molecule has 0 aromatic heterocycles. The Kier molecular flexibility index (Phi) is 5.09. The van der Waals surface area contributed by atoms with Gasteiger partial charge in [-0.05, 0) is 31.7 Å². The summed E-state index contributed by atoms with van der Waals surface area (Å²) in [5.41, 5.74) is 0.461. The van der Waals surface area contributed by atoms with Crippen molar-refractivity contribution in [2.24, 2.45) is 5.41 Å². The number of Topliss-reactive ketones (excluding diaryl/α,β-unsaturated/α-hetero) is 1. The summed E-state index contributed by atoms with van der Waals surface area (Å²) in [5.74, 6) is -2.59. The van der Waals surface area contributed by atoms with Crippen molar-refractivity contribution >= 4 is 5.78 Å². The molecule has 0 saturated heterocycles. The Labute approximate surface area is 124 Å². The molecule has 0 amide bonds. The molecule has 0 spiro atoms. The molecule has 1 aliphatic rings. The van der Waals surface area contributed by atoms with E-state index >= 15 is 0 Å². The number of benzene rings is 1. The summed E-state index contributed by atoms with van der Waals surface area (Å²) < 4.78 is 32.2. The van der Waals surface area contributed by atoms with Crippen LogP contribution >= 0.6 is 0 Å². The Bertz CT molecular complexity index is 461. The van der Waals surface area contributed by atoms with Gasteiger partial charge >= 0.3 is 0 Å². The van der Waals surface area contributed by atoms with E-state index in [2.05, 4.69) is 0 Å². The van der Waals surface area contributed by atoms with Crippen LogP contribution in [-0.2, 0) is 16.1 Å². The molecule has 116 valence electrons. The number of alkyl halides is 2. The lowest BCUT2D eigenvalue weighted by atomic mass is 9.68. The minimum atomic E-state index is -2.61. The molecule has 0 radical (unpaired) electrons. The van der Waals surface area contributed by atoms with Crippen LogP contribution in [0.3, 0.4) is 0 Å². The molecule has 4 heteroatoms. The van der Waals surface area contributed by atoms with Gasteiger partial charge in [-0.2, -0.15) is 0 Å². The standard InChI is InChI=1S/C17H22F2O2/c1-14(20)16(7-9-17(18,19)10-8-16)11-12-21-13-15-5-3-2-4-6-15/h2-6H,7-13H2,1H3. The lowest BCUT2D eigenvalue weighted by Crippen LogP contribution is -2.39.